The quantitative estimate of drug-likeness (QED) is 0.820. The van der Waals surface area contributed by atoms with Crippen molar-refractivity contribution in [3.05, 3.63) is 35.6 Å². The first-order chi connectivity index (χ1) is 9.15. The summed E-state index contributed by atoms with van der Waals surface area (Å²) in [5.74, 6) is -0.191. The summed E-state index contributed by atoms with van der Waals surface area (Å²) in [6, 6.07) is 7.17. The molecule has 0 saturated heterocycles. The Hall–Kier alpha value is -0.930. The molecule has 3 unspecified atom stereocenters. The van der Waals surface area contributed by atoms with Crippen LogP contribution >= 0.6 is 0 Å². The van der Waals surface area contributed by atoms with E-state index < -0.39 is 0 Å². The molecule has 19 heavy (non-hydrogen) atoms. The molecule has 0 aliphatic heterocycles. The van der Waals surface area contributed by atoms with Crippen LogP contribution in [0.25, 0.3) is 0 Å². The first kappa shape index (κ1) is 14.5. The number of halogens is 1. The summed E-state index contributed by atoms with van der Waals surface area (Å²) in [5, 5.41) is 13.6. The summed E-state index contributed by atoms with van der Waals surface area (Å²) in [4.78, 5) is 0. The van der Waals surface area contributed by atoms with E-state index in [1.165, 1.54) is 25.0 Å². The number of aliphatic hydroxyl groups excluding tert-OH is 1. The van der Waals surface area contributed by atoms with E-state index in [9.17, 15) is 9.50 Å². The average molecular weight is 265 g/mol. The van der Waals surface area contributed by atoms with Crippen molar-refractivity contribution in [3.63, 3.8) is 0 Å². The zero-order valence-electron chi connectivity index (χ0n) is 11.6. The molecule has 0 bridgehead atoms. The van der Waals surface area contributed by atoms with Gasteiger partial charge < -0.3 is 10.4 Å². The number of rotatable bonds is 4. The van der Waals surface area contributed by atoms with Gasteiger partial charge in [0.15, 0.2) is 0 Å². The van der Waals surface area contributed by atoms with Crippen LogP contribution in [0.15, 0.2) is 24.3 Å². The second-order valence-corrected chi connectivity index (χ2v) is 5.71. The highest BCUT2D eigenvalue weighted by molar-refractivity contribution is 5.17. The standard InChI is InChI=1S/C16H24FNO/c1-12(11-13-7-9-14(17)10-8-13)18-15-5-3-2-4-6-16(15)19/h7-10,12,15-16,18-19H,2-6,11H2,1H3. The fourth-order valence-corrected chi connectivity index (χ4v) is 2.88. The highest BCUT2D eigenvalue weighted by Gasteiger charge is 2.22. The van der Waals surface area contributed by atoms with Crippen molar-refractivity contribution >= 4 is 0 Å². The molecule has 1 aromatic rings. The molecule has 3 atom stereocenters. The molecule has 1 aliphatic rings. The van der Waals surface area contributed by atoms with E-state index in [2.05, 4.69) is 12.2 Å². The summed E-state index contributed by atoms with van der Waals surface area (Å²) in [6.07, 6.45) is 6.14. The van der Waals surface area contributed by atoms with Gasteiger partial charge in [0.25, 0.3) is 0 Å². The molecule has 1 aromatic carbocycles. The minimum atomic E-state index is -0.224. The van der Waals surface area contributed by atoms with Gasteiger partial charge in [0.2, 0.25) is 0 Å². The molecule has 0 radical (unpaired) electrons. The van der Waals surface area contributed by atoms with E-state index in [0.29, 0.717) is 6.04 Å². The lowest BCUT2D eigenvalue weighted by Crippen LogP contribution is -2.44. The highest BCUT2D eigenvalue weighted by atomic mass is 19.1. The van der Waals surface area contributed by atoms with Gasteiger partial charge in [0.1, 0.15) is 5.82 Å². The Kier molecular flexibility index (Phi) is 5.34. The molecule has 2 rings (SSSR count). The van der Waals surface area contributed by atoms with Crippen LogP contribution in [0.2, 0.25) is 0 Å². The van der Waals surface area contributed by atoms with Gasteiger partial charge in [-0.15, -0.1) is 0 Å². The Labute approximate surface area is 115 Å². The summed E-state index contributed by atoms with van der Waals surface area (Å²) < 4.78 is 12.8. The predicted molar refractivity (Wildman–Crippen MR) is 75.6 cm³/mol. The normalized spacial score (nSPS) is 25.8. The molecule has 1 aliphatic carbocycles. The van der Waals surface area contributed by atoms with Crippen LogP contribution in [-0.4, -0.2) is 23.3 Å². The summed E-state index contributed by atoms with van der Waals surface area (Å²) in [7, 11) is 0. The van der Waals surface area contributed by atoms with Gasteiger partial charge in [-0.05, 0) is 43.9 Å². The largest absolute Gasteiger partial charge is 0.392 e. The second-order valence-electron chi connectivity index (χ2n) is 5.71. The van der Waals surface area contributed by atoms with Gasteiger partial charge in [-0.25, -0.2) is 4.39 Å². The van der Waals surface area contributed by atoms with Gasteiger partial charge in [-0.2, -0.15) is 0 Å². The smallest absolute Gasteiger partial charge is 0.123 e. The first-order valence-electron chi connectivity index (χ1n) is 7.33. The fourth-order valence-electron chi connectivity index (χ4n) is 2.88. The molecule has 0 heterocycles. The molecule has 3 heteroatoms. The van der Waals surface area contributed by atoms with Crippen LogP contribution in [0.3, 0.4) is 0 Å². The van der Waals surface area contributed by atoms with Crippen LogP contribution in [-0.2, 0) is 6.42 Å². The maximum absolute atomic E-state index is 12.8. The summed E-state index contributed by atoms with van der Waals surface area (Å²) in [6.45, 7) is 2.13. The van der Waals surface area contributed by atoms with E-state index in [0.717, 1.165) is 31.2 Å². The average Bonchev–Trinajstić information content (AvgIpc) is 2.58. The van der Waals surface area contributed by atoms with Gasteiger partial charge in [0, 0.05) is 12.1 Å². The zero-order chi connectivity index (χ0) is 13.7. The Morgan fingerprint density at radius 1 is 1.21 bits per heavy atom. The van der Waals surface area contributed by atoms with Gasteiger partial charge in [-0.1, -0.05) is 31.4 Å². The predicted octanol–water partition coefficient (Wildman–Crippen LogP) is 3.04. The van der Waals surface area contributed by atoms with Crippen molar-refractivity contribution < 1.29 is 9.50 Å². The Morgan fingerprint density at radius 3 is 2.63 bits per heavy atom. The third-order valence-corrected chi connectivity index (χ3v) is 3.93. The molecule has 0 aromatic heterocycles. The first-order valence-corrected chi connectivity index (χ1v) is 7.33. The number of aliphatic hydroxyl groups is 1. The summed E-state index contributed by atoms with van der Waals surface area (Å²) >= 11 is 0. The van der Waals surface area contributed by atoms with Crippen molar-refractivity contribution in [3.8, 4) is 0 Å². The van der Waals surface area contributed by atoms with E-state index in [1.807, 2.05) is 12.1 Å². The number of nitrogens with one attached hydrogen (secondary N) is 1. The van der Waals surface area contributed by atoms with E-state index in [4.69, 9.17) is 0 Å². The minimum absolute atomic E-state index is 0.191. The number of benzene rings is 1. The van der Waals surface area contributed by atoms with Crippen LogP contribution in [0, 0.1) is 5.82 Å². The van der Waals surface area contributed by atoms with Crippen LogP contribution in [0.4, 0.5) is 4.39 Å². The van der Waals surface area contributed by atoms with Crippen molar-refractivity contribution in [2.45, 2.75) is 63.6 Å². The molecule has 106 valence electrons. The molecule has 2 N–H and O–H groups in total. The van der Waals surface area contributed by atoms with Crippen molar-refractivity contribution in [2.24, 2.45) is 0 Å². The molecular weight excluding hydrogens is 241 g/mol. The maximum Gasteiger partial charge on any atom is 0.123 e. The van der Waals surface area contributed by atoms with Crippen LogP contribution in [0.5, 0.6) is 0 Å². The minimum Gasteiger partial charge on any atom is -0.392 e. The molecule has 2 nitrogen and oxygen atoms in total. The topological polar surface area (TPSA) is 32.3 Å². The Morgan fingerprint density at radius 2 is 1.89 bits per heavy atom. The number of hydrogen-bond acceptors (Lipinski definition) is 2. The van der Waals surface area contributed by atoms with Crippen LogP contribution < -0.4 is 5.32 Å². The van der Waals surface area contributed by atoms with Crippen LogP contribution in [0.1, 0.15) is 44.6 Å². The van der Waals surface area contributed by atoms with Crippen molar-refractivity contribution in [1.82, 2.24) is 5.32 Å². The SMILES string of the molecule is CC(Cc1ccc(F)cc1)NC1CCCCCC1O. The highest BCUT2D eigenvalue weighted by Crippen LogP contribution is 2.19. The number of hydrogen-bond donors (Lipinski definition) is 2. The lowest BCUT2D eigenvalue weighted by molar-refractivity contribution is 0.114. The fraction of sp³-hybridized carbons (Fsp3) is 0.625. The third-order valence-electron chi connectivity index (χ3n) is 3.93. The zero-order valence-corrected chi connectivity index (χ0v) is 11.6. The van der Waals surface area contributed by atoms with E-state index >= 15 is 0 Å². The molecule has 0 amide bonds. The van der Waals surface area contributed by atoms with E-state index in [1.54, 1.807) is 0 Å². The third kappa shape index (κ3) is 4.59. The molecule has 1 fully saturated rings. The molecular formula is C16H24FNO. The van der Waals surface area contributed by atoms with Gasteiger partial charge >= 0.3 is 0 Å². The second kappa shape index (κ2) is 7.01. The lowest BCUT2D eigenvalue weighted by atomic mass is 10.0. The Bertz CT molecular complexity index is 379. The Balaban J connectivity index is 1.85. The lowest BCUT2D eigenvalue weighted by Gasteiger charge is -2.26. The van der Waals surface area contributed by atoms with Crippen molar-refractivity contribution in [2.75, 3.05) is 0 Å². The molecule has 0 spiro atoms. The summed E-state index contributed by atoms with van der Waals surface area (Å²) in [5.41, 5.74) is 1.13. The van der Waals surface area contributed by atoms with Gasteiger partial charge in [0.05, 0.1) is 6.10 Å². The van der Waals surface area contributed by atoms with Gasteiger partial charge in [-0.3, -0.25) is 0 Å². The van der Waals surface area contributed by atoms with E-state index in [-0.39, 0.29) is 18.0 Å². The molecule has 1 saturated carbocycles. The van der Waals surface area contributed by atoms with Crippen molar-refractivity contribution in [1.29, 1.82) is 0 Å². The maximum atomic E-state index is 12.8. The monoisotopic (exact) mass is 265 g/mol.